The predicted molar refractivity (Wildman–Crippen MR) is 82.8 cm³/mol. The molecule has 0 unspecified atom stereocenters. The molecule has 1 aliphatic heterocycles. The molecule has 0 saturated carbocycles. The van der Waals surface area contributed by atoms with Gasteiger partial charge in [0.1, 0.15) is 17.3 Å². The summed E-state index contributed by atoms with van der Waals surface area (Å²) in [7, 11) is 0. The fraction of sp³-hybridized carbons (Fsp3) is 0.500. The lowest BCUT2D eigenvalue weighted by atomic mass is 10.2. The number of hydrogen-bond donors (Lipinski definition) is 1. The smallest absolute Gasteiger partial charge is 0.410 e. The van der Waals surface area contributed by atoms with Crippen molar-refractivity contribution in [3.05, 3.63) is 16.3 Å². The first kappa shape index (κ1) is 14.1. The van der Waals surface area contributed by atoms with Crippen molar-refractivity contribution in [1.29, 1.82) is 0 Å². The van der Waals surface area contributed by atoms with Crippen LogP contribution in [0.1, 0.15) is 23.2 Å². The zero-order valence-corrected chi connectivity index (χ0v) is 13.2. The largest absolute Gasteiger partial charge is 0.448 e. The topological polar surface area (TPSA) is 67.3 Å². The molecule has 6 nitrogen and oxygen atoms in total. The normalized spacial score (nSPS) is 14.8. The van der Waals surface area contributed by atoms with Crippen LogP contribution in [0.15, 0.2) is 0 Å². The molecule has 0 radical (unpaired) electrons. The van der Waals surface area contributed by atoms with Gasteiger partial charge >= 0.3 is 6.09 Å². The number of amides is 1. The number of aromatic nitrogens is 2. The Hall–Kier alpha value is -1.89. The van der Waals surface area contributed by atoms with Crippen LogP contribution in [0, 0.1) is 13.8 Å². The fourth-order valence-corrected chi connectivity index (χ4v) is 3.45. The first-order valence-corrected chi connectivity index (χ1v) is 7.84. The van der Waals surface area contributed by atoms with Gasteiger partial charge in [0.25, 0.3) is 0 Å². The van der Waals surface area contributed by atoms with E-state index in [9.17, 15) is 4.79 Å². The number of carbonyl (C=O) groups is 1. The van der Waals surface area contributed by atoms with Crippen molar-refractivity contribution in [1.82, 2.24) is 14.9 Å². The Bertz CT molecular complexity index is 698. The molecule has 1 aliphatic rings. The van der Waals surface area contributed by atoms with Gasteiger partial charge in [-0.15, -0.1) is 11.3 Å². The summed E-state index contributed by atoms with van der Waals surface area (Å²) in [5, 5.41) is 4.39. The second kappa shape index (κ2) is 5.48. The van der Waals surface area contributed by atoms with Crippen LogP contribution in [-0.4, -0.2) is 40.7 Å². The average Bonchev–Trinajstić information content (AvgIpc) is 2.95. The number of nitrogens with zero attached hydrogens (tertiary/aromatic N) is 3. The molecule has 0 spiro atoms. The number of anilines is 1. The van der Waals surface area contributed by atoms with Gasteiger partial charge in [-0.05, 0) is 26.3 Å². The van der Waals surface area contributed by atoms with E-state index in [1.54, 1.807) is 16.2 Å². The van der Waals surface area contributed by atoms with Gasteiger partial charge in [0.2, 0.25) is 0 Å². The molecule has 1 amide bonds. The van der Waals surface area contributed by atoms with Crippen molar-refractivity contribution in [2.75, 3.05) is 25.0 Å². The monoisotopic (exact) mass is 306 g/mol. The third-order valence-corrected chi connectivity index (χ3v) is 4.70. The van der Waals surface area contributed by atoms with Gasteiger partial charge in [-0.25, -0.2) is 14.8 Å². The third kappa shape index (κ3) is 2.53. The Morgan fingerprint density at radius 3 is 2.86 bits per heavy atom. The second-order valence-corrected chi connectivity index (χ2v) is 6.22. The average molecular weight is 306 g/mol. The lowest BCUT2D eigenvalue weighted by Crippen LogP contribution is -2.25. The van der Waals surface area contributed by atoms with E-state index >= 15 is 0 Å². The molecule has 3 rings (SSSR count). The van der Waals surface area contributed by atoms with E-state index in [4.69, 9.17) is 4.74 Å². The highest BCUT2D eigenvalue weighted by Crippen LogP contribution is 2.33. The Morgan fingerprint density at radius 2 is 2.19 bits per heavy atom. The van der Waals surface area contributed by atoms with E-state index in [1.807, 2.05) is 6.92 Å². The molecule has 1 fully saturated rings. The molecule has 0 aromatic carbocycles. The summed E-state index contributed by atoms with van der Waals surface area (Å²) in [5.74, 6) is 1.51. The number of fused-ring (bicyclic) bond motifs is 1. The van der Waals surface area contributed by atoms with Gasteiger partial charge in [0.05, 0.1) is 18.5 Å². The van der Waals surface area contributed by atoms with Crippen LogP contribution in [0.25, 0.3) is 10.2 Å². The minimum absolute atomic E-state index is 0.290. The Kier molecular flexibility index (Phi) is 3.67. The maximum Gasteiger partial charge on any atom is 0.410 e. The maximum absolute atomic E-state index is 11.5. The summed E-state index contributed by atoms with van der Waals surface area (Å²) in [6.07, 6.45) is -0.290. The number of aryl methyl sites for hydroxylation is 2. The maximum atomic E-state index is 11.5. The van der Waals surface area contributed by atoms with E-state index in [1.165, 1.54) is 10.4 Å². The van der Waals surface area contributed by atoms with Crippen molar-refractivity contribution in [3.8, 4) is 0 Å². The molecule has 7 heteroatoms. The number of carbonyl (C=O) groups excluding carboxylic acids is 1. The van der Waals surface area contributed by atoms with E-state index in [-0.39, 0.29) is 6.09 Å². The lowest BCUT2D eigenvalue weighted by molar-refractivity contribution is 0.156. The van der Waals surface area contributed by atoms with Crippen LogP contribution in [0.5, 0.6) is 0 Å². The van der Waals surface area contributed by atoms with Crippen molar-refractivity contribution in [3.63, 3.8) is 0 Å². The van der Waals surface area contributed by atoms with Gasteiger partial charge < -0.3 is 10.1 Å². The van der Waals surface area contributed by atoms with E-state index in [2.05, 4.69) is 29.1 Å². The Balaban J connectivity index is 2.01. The molecule has 112 valence electrons. The minimum atomic E-state index is -0.290. The Labute approximate surface area is 127 Å². The number of hydrogen-bond acceptors (Lipinski definition) is 6. The number of ether oxygens (including phenoxy) is 1. The van der Waals surface area contributed by atoms with Crippen LogP contribution in [0.2, 0.25) is 0 Å². The summed E-state index contributed by atoms with van der Waals surface area (Å²) in [6.45, 7) is 8.46. The molecular formula is C14H18N4O2S. The van der Waals surface area contributed by atoms with Crippen LogP contribution in [0.4, 0.5) is 10.6 Å². The van der Waals surface area contributed by atoms with E-state index < -0.39 is 0 Å². The van der Waals surface area contributed by atoms with Gasteiger partial charge in [-0.1, -0.05) is 0 Å². The second-order valence-electron chi connectivity index (χ2n) is 5.02. The standard InChI is InChI=1S/C14H18N4O2S/c1-4-15-12-11-8(2)9(3)21-13(11)17-10(16-12)7-18-5-6-20-14(18)19/h4-7H2,1-3H3,(H,15,16,17). The SMILES string of the molecule is CCNc1nc(CN2CCOC2=O)nc2sc(C)c(C)c12. The van der Waals surface area contributed by atoms with Crippen molar-refractivity contribution < 1.29 is 9.53 Å². The molecule has 1 saturated heterocycles. The predicted octanol–water partition coefficient (Wildman–Crippen LogP) is 2.69. The van der Waals surface area contributed by atoms with Crippen LogP contribution in [-0.2, 0) is 11.3 Å². The molecule has 0 aliphatic carbocycles. The van der Waals surface area contributed by atoms with E-state index in [0.717, 1.165) is 22.6 Å². The van der Waals surface area contributed by atoms with Crippen molar-refractivity contribution in [2.45, 2.75) is 27.3 Å². The molecule has 0 bridgehead atoms. The zero-order valence-electron chi connectivity index (χ0n) is 12.4. The summed E-state index contributed by atoms with van der Waals surface area (Å²) >= 11 is 1.67. The van der Waals surface area contributed by atoms with Gasteiger partial charge in [0, 0.05) is 11.4 Å². The summed E-state index contributed by atoms with van der Waals surface area (Å²) in [5.41, 5.74) is 1.22. The van der Waals surface area contributed by atoms with Crippen molar-refractivity contribution >= 4 is 33.5 Å². The van der Waals surface area contributed by atoms with Gasteiger partial charge in [-0.2, -0.15) is 0 Å². The van der Waals surface area contributed by atoms with Crippen LogP contribution in [0.3, 0.4) is 0 Å². The van der Waals surface area contributed by atoms with Crippen molar-refractivity contribution in [2.24, 2.45) is 0 Å². The number of nitrogens with one attached hydrogen (secondary N) is 1. The van der Waals surface area contributed by atoms with Crippen LogP contribution >= 0.6 is 11.3 Å². The molecule has 21 heavy (non-hydrogen) atoms. The fourth-order valence-electron chi connectivity index (χ4n) is 2.40. The van der Waals surface area contributed by atoms with E-state index in [0.29, 0.717) is 25.5 Å². The van der Waals surface area contributed by atoms with Gasteiger partial charge in [0.15, 0.2) is 5.82 Å². The molecular weight excluding hydrogens is 288 g/mol. The highest BCUT2D eigenvalue weighted by atomic mass is 32.1. The lowest BCUT2D eigenvalue weighted by Gasteiger charge is -2.13. The molecule has 3 heterocycles. The third-order valence-electron chi connectivity index (χ3n) is 3.60. The first-order valence-electron chi connectivity index (χ1n) is 7.02. The molecule has 2 aromatic rings. The van der Waals surface area contributed by atoms with Gasteiger partial charge in [-0.3, -0.25) is 4.90 Å². The highest BCUT2D eigenvalue weighted by molar-refractivity contribution is 7.18. The Morgan fingerprint density at radius 1 is 1.38 bits per heavy atom. The summed E-state index contributed by atoms with van der Waals surface area (Å²) in [4.78, 5) is 24.6. The first-order chi connectivity index (χ1) is 10.1. The van der Waals surface area contributed by atoms with Crippen LogP contribution < -0.4 is 5.32 Å². The molecule has 1 N–H and O–H groups in total. The zero-order chi connectivity index (χ0) is 15.0. The summed E-state index contributed by atoms with van der Waals surface area (Å²) in [6, 6.07) is 0. The summed E-state index contributed by atoms with van der Waals surface area (Å²) < 4.78 is 4.94. The number of rotatable bonds is 4. The minimum Gasteiger partial charge on any atom is -0.448 e. The molecule has 2 aromatic heterocycles. The number of cyclic esters (lactones) is 1. The quantitative estimate of drug-likeness (QED) is 0.940. The number of thiophene rings is 1. The molecule has 0 atom stereocenters. The highest BCUT2D eigenvalue weighted by Gasteiger charge is 2.24.